The number of hydrogen-bond acceptors (Lipinski definition) is 5. The van der Waals surface area contributed by atoms with Gasteiger partial charge in [0.1, 0.15) is 5.60 Å². The molecular formula is C17H30N4O2. The average molecular weight is 322 g/mol. The van der Waals surface area contributed by atoms with E-state index in [2.05, 4.69) is 34.4 Å². The fourth-order valence-electron chi connectivity index (χ4n) is 2.16. The van der Waals surface area contributed by atoms with Gasteiger partial charge in [0, 0.05) is 31.0 Å². The molecule has 1 amide bonds. The van der Waals surface area contributed by atoms with Crippen LogP contribution in [0, 0.1) is 12.8 Å². The molecule has 0 spiro atoms. The van der Waals surface area contributed by atoms with Crippen LogP contribution in [-0.2, 0) is 4.74 Å². The molecule has 0 aliphatic rings. The Morgan fingerprint density at radius 1 is 1.22 bits per heavy atom. The molecule has 0 fully saturated rings. The van der Waals surface area contributed by atoms with E-state index < -0.39 is 5.60 Å². The molecule has 2 N–H and O–H groups in total. The summed E-state index contributed by atoms with van der Waals surface area (Å²) in [4.78, 5) is 20.6. The molecule has 0 aliphatic heterocycles. The molecule has 6 nitrogen and oxygen atoms in total. The second-order valence-corrected chi connectivity index (χ2v) is 7.15. The van der Waals surface area contributed by atoms with Crippen LogP contribution in [0.5, 0.6) is 0 Å². The predicted octanol–water partition coefficient (Wildman–Crippen LogP) is 2.98. The summed E-state index contributed by atoms with van der Waals surface area (Å²) in [6, 6.07) is 0.0367. The number of nitrogens with one attached hydrogen (secondary N) is 2. The molecule has 1 aromatic rings. The predicted molar refractivity (Wildman–Crippen MR) is 91.2 cm³/mol. The van der Waals surface area contributed by atoms with E-state index in [9.17, 15) is 4.79 Å². The van der Waals surface area contributed by atoms with Crippen molar-refractivity contribution in [3.63, 3.8) is 0 Å². The molecule has 0 bridgehead atoms. The highest BCUT2D eigenvalue weighted by atomic mass is 16.6. The number of rotatable bonds is 6. The number of amides is 1. The van der Waals surface area contributed by atoms with Gasteiger partial charge in [-0.3, -0.25) is 9.97 Å². The molecule has 2 atom stereocenters. The van der Waals surface area contributed by atoms with E-state index in [1.54, 1.807) is 12.4 Å². The van der Waals surface area contributed by atoms with E-state index in [1.165, 1.54) is 0 Å². The van der Waals surface area contributed by atoms with Crippen molar-refractivity contribution in [3.8, 4) is 0 Å². The van der Waals surface area contributed by atoms with Gasteiger partial charge in [-0.2, -0.15) is 0 Å². The Morgan fingerprint density at radius 2 is 1.83 bits per heavy atom. The zero-order chi connectivity index (χ0) is 17.6. The van der Waals surface area contributed by atoms with E-state index in [0.717, 1.165) is 11.4 Å². The molecule has 0 saturated heterocycles. The van der Waals surface area contributed by atoms with E-state index in [0.29, 0.717) is 6.54 Å². The maximum absolute atomic E-state index is 12.0. The molecule has 1 heterocycles. The maximum Gasteiger partial charge on any atom is 0.407 e. The van der Waals surface area contributed by atoms with Crippen molar-refractivity contribution in [1.29, 1.82) is 0 Å². The minimum Gasteiger partial charge on any atom is -0.444 e. The van der Waals surface area contributed by atoms with Gasteiger partial charge < -0.3 is 15.4 Å². The molecule has 0 aromatic carbocycles. The summed E-state index contributed by atoms with van der Waals surface area (Å²) in [5.41, 5.74) is 1.34. The Balaban J connectivity index is 2.60. The van der Waals surface area contributed by atoms with Crippen molar-refractivity contribution in [3.05, 3.63) is 23.8 Å². The van der Waals surface area contributed by atoms with Crippen molar-refractivity contribution in [1.82, 2.24) is 20.6 Å². The van der Waals surface area contributed by atoms with Crippen LogP contribution in [-0.4, -0.2) is 34.2 Å². The van der Waals surface area contributed by atoms with E-state index >= 15 is 0 Å². The Kier molecular flexibility index (Phi) is 6.94. The third-order valence-corrected chi connectivity index (χ3v) is 3.48. The van der Waals surface area contributed by atoms with E-state index in [-0.39, 0.29) is 24.1 Å². The Morgan fingerprint density at radius 3 is 2.35 bits per heavy atom. The van der Waals surface area contributed by atoms with E-state index in [4.69, 9.17) is 4.74 Å². The summed E-state index contributed by atoms with van der Waals surface area (Å²) in [6.45, 7) is 14.3. The minimum absolute atomic E-state index is 0.0238. The first-order chi connectivity index (χ1) is 10.6. The zero-order valence-corrected chi connectivity index (χ0v) is 15.3. The number of nitrogens with zero attached hydrogens (tertiary/aromatic N) is 2. The Hall–Kier alpha value is -1.69. The lowest BCUT2D eigenvalue weighted by Gasteiger charge is -2.27. The van der Waals surface area contributed by atoms with Gasteiger partial charge in [-0.15, -0.1) is 0 Å². The smallest absolute Gasteiger partial charge is 0.407 e. The molecule has 2 unspecified atom stereocenters. The first-order valence-electron chi connectivity index (χ1n) is 8.10. The average Bonchev–Trinajstić information content (AvgIpc) is 2.41. The second kappa shape index (κ2) is 8.24. The van der Waals surface area contributed by atoms with Crippen LogP contribution >= 0.6 is 0 Å². The molecule has 23 heavy (non-hydrogen) atoms. The zero-order valence-electron chi connectivity index (χ0n) is 15.3. The topological polar surface area (TPSA) is 76.1 Å². The highest BCUT2D eigenvalue weighted by molar-refractivity contribution is 5.68. The van der Waals surface area contributed by atoms with Gasteiger partial charge >= 0.3 is 6.09 Å². The lowest BCUT2D eigenvalue weighted by Crippen LogP contribution is -2.47. The van der Waals surface area contributed by atoms with E-state index in [1.807, 2.05) is 34.6 Å². The van der Waals surface area contributed by atoms with Gasteiger partial charge in [-0.05, 0) is 40.5 Å². The van der Waals surface area contributed by atoms with Crippen LogP contribution in [0.1, 0.15) is 59.0 Å². The van der Waals surface area contributed by atoms with Gasteiger partial charge in [0.2, 0.25) is 0 Å². The standard InChI is InChI=1S/C17H30N4O2/c1-11(2)14(21-16(22)23-17(5,6)7)10-20-13(4)15-12(3)18-8-9-19-15/h8-9,11,13-14,20H,10H2,1-7H3,(H,21,22). The molecule has 0 saturated carbocycles. The molecule has 1 aromatic heterocycles. The first kappa shape index (κ1) is 19.4. The third-order valence-electron chi connectivity index (χ3n) is 3.48. The third kappa shape index (κ3) is 6.95. The molecule has 6 heteroatoms. The quantitative estimate of drug-likeness (QED) is 0.842. The van der Waals surface area contributed by atoms with Gasteiger partial charge in [0.15, 0.2) is 0 Å². The van der Waals surface area contributed by atoms with Gasteiger partial charge in [0.05, 0.1) is 11.4 Å². The summed E-state index contributed by atoms with van der Waals surface area (Å²) < 4.78 is 5.33. The minimum atomic E-state index is -0.497. The number of hydrogen-bond donors (Lipinski definition) is 2. The van der Waals surface area contributed by atoms with Crippen LogP contribution in [0.4, 0.5) is 4.79 Å². The van der Waals surface area contributed by atoms with Crippen LogP contribution in [0.15, 0.2) is 12.4 Å². The molecule has 130 valence electrons. The second-order valence-electron chi connectivity index (χ2n) is 7.15. The largest absolute Gasteiger partial charge is 0.444 e. The lowest BCUT2D eigenvalue weighted by molar-refractivity contribution is 0.0489. The van der Waals surface area contributed by atoms with Gasteiger partial charge in [0.25, 0.3) is 0 Å². The molecule has 0 aliphatic carbocycles. The summed E-state index contributed by atoms with van der Waals surface area (Å²) in [7, 11) is 0. The van der Waals surface area contributed by atoms with Crippen molar-refractivity contribution in [2.24, 2.45) is 5.92 Å². The fraction of sp³-hybridized carbons (Fsp3) is 0.706. The molecular weight excluding hydrogens is 292 g/mol. The Bertz CT molecular complexity index is 512. The van der Waals surface area contributed by atoms with Crippen LogP contribution in [0.3, 0.4) is 0 Å². The number of alkyl carbamates (subject to hydrolysis) is 1. The number of aryl methyl sites for hydroxylation is 1. The van der Waals surface area contributed by atoms with Crippen LogP contribution < -0.4 is 10.6 Å². The summed E-state index contributed by atoms with van der Waals surface area (Å²) in [6.07, 6.45) is 2.99. The van der Waals surface area contributed by atoms with Gasteiger partial charge in [-0.1, -0.05) is 13.8 Å². The fourth-order valence-corrected chi connectivity index (χ4v) is 2.16. The van der Waals surface area contributed by atoms with Crippen molar-refractivity contribution >= 4 is 6.09 Å². The Labute approximate surface area is 139 Å². The normalized spacial score (nSPS) is 14.4. The number of ether oxygens (including phenoxy) is 1. The highest BCUT2D eigenvalue weighted by Gasteiger charge is 2.22. The number of carbonyl (C=O) groups is 1. The van der Waals surface area contributed by atoms with Crippen molar-refractivity contribution in [2.45, 2.75) is 66.2 Å². The highest BCUT2D eigenvalue weighted by Crippen LogP contribution is 2.13. The summed E-state index contributed by atoms with van der Waals surface area (Å²) in [5.74, 6) is 0.283. The molecule has 1 rings (SSSR count). The summed E-state index contributed by atoms with van der Waals surface area (Å²) in [5, 5.41) is 6.35. The number of aromatic nitrogens is 2. The lowest BCUT2D eigenvalue weighted by atomic mass is 10.0. The van der Waals surface area contributed by atoms with Crippen molar-refractivity contribution in [2.75, 3.05) is 6.54 Å². The number of carbonyl (C=O) groups excluding carboxylic acids is 1. The van der Waals surface area contributed by atoms with Crippen LogP contribution in [0.25, 0.3) is 0 Å². The SMILES string of the molecule is Cc1nccnc1C(C)NCC(NC(=O)OC(C)(C)C)C(C)C. The summed E-state index contributed by atoms with van der Waals surface area (Å²) >= 11 is 0. The maximum atomic E-state index is 12.0. The monoisotopic (exact) mass is 322 g/mol. The van der Waals surface area contributed by atoms with Crippen LogP contribution in [0.2, 0.25) is 0 Å². The first-order valence-corrected chi connectivity index (χ1v) is 8.10. The molecule has 0 radical (unpaired) electrons. The van der Waals surface area contributed by atoms with Gasteiger partial charge in [-0.25, -0.2) is 4.79 Å². The van der Waals surface area contributed by atoms with Crippen molar-refractivity contribution < 1.29 is 9.53 Å².